The molecule has 0 saturated carbocycles. The van der Waals surface area contributed by atoms with E-state index >= 15 is 0 Å². The third kappa shape index (κ3) is 25.0. The summed E-state index contributed by atoms with van der Waals surface area (Å²) in [7, 11) is 0. The van der Waals surface area contributed by atoms with E-state index in [0.29, 0.717) is 24.3 Å². The Hall–Kier alpha value is -2.43. The van der Waals surface area contributed by atoms with Gasteiger partial charge in [0.2, 0.25) is 0 Å². The number of likely N-dealkylation sites (N-methyl/N-ethyl adjacent to an activating group) is 2. The van der Waals surface area contributed by atoms with Crippen molar-refractivity contribution in [1.29, 1.82) is 0 Å². The Morgan fingerprint density at radius 3 is 1.07 bits per heavy atom. The minimum Gasteiger partial charge on any atom is -0.512 e. The van der Waals surface area contributed by atoms with Crippen LogP contribution in [-0.4, -0.2) is 104 Å². The fourth-order valence-electron chi connectivity index (χ4n) is 3.18. The second-order valence-corrected chi connectivity index (χ2v) is 8.63. The summed E-state index contributed by atoms with van der Waals surface area (Å²) in [6.45, 7) is 18.7. The maximum absolute atomic E-state index is 9.37. The van der Waals surface area contributed by atoms with Gasteiger partial charge in [-0.15, -0.1) is 0 Å². The Labute approximate surface area is 265 Å². The molecule has 2 aromatic rings. The van der Waals surface area contributed by atoms with E-state index in [2.05, 4.69) is 37.5 Å². The van der Waals surface area contributed by atoms with Crippen LogP contribution in [-0.2, 0) is 25.8 Å². The summed E-state index contributed by atoms with van der Waals surface area (Å²) in [5.74, 6) is 0.346. The van der Waals surface area contributed by atoms with Crippen LogP contribution in [0.5, 0.6) is 0 Å². The van der Waals surface area contributed by atoms with E-state index in [1.807, 2.05) is 36.4 Å². The number of rotatable bonds is 12. The molecule has 8 nitrogen and oxygen atoms in total. The fraction of sp³-hybridized carbons (Fsp3) is 0.438. The number of aliphatic hydroxyl groups is 2. The smallest absolute Gasteiger partial charge is 0.350 e. The molecule has 0 amide bonds. The van der Waals surface area contributed by atoms with E-state index in [1.165, 1.54) is 26.0 Å². The molecule has 0 atom stereocenters. The summed E-state index contributed by atoms with van der Waals surface area (Å²) >= 11 is 0. The van der Waals surface area contributed by atoms with Gasteiger partial charge in [-0.2, -0.15) is 0 Å². The molecule has 0 fully saturated rings. The SMILES string of the molecule is C/C(O)=C/C(=[OH+])c1ccccc1.C/C(O)=C/C(=[OH+])c1ccccc1.CCN(CC)CC[OH2+].CCN(CC)CC[OH2+].[Hf]. The first-order valence-electron chi connectivity index (χ1n) is 13.8. The van der Waals surface area contributed by atoms with Gasteiger partial charge in [0.25, 0.3) is 0 Å². The number of hydrogen-bond acceptors (Lipinski definition) is 4. The van der Waals surface area contributed by atoms with Gasteiger partial charge in [-0.25, -0.2) is 0 Å². The molecule has 0 bridgehead atoms. The molecule has 0 aliphatic rings. The summed E-state index contributed by atoms with van der Waals surface area (Å²) < 4.78 is 0. The third-order valence-corrected chi connectivity index (χ3v) is 5.48. The average molecular weight is 741 g/mol. The number of hydrogen-bond donors (Lipinski definition) is 2. The van der Waals surface area contributed by atoms with E-state index in [9.17, 15) is 9.59 Å². The van der Waals surface area contributed by atoms with E-state index in [0.717, 1.165) is 39.3 Å². The predicted molar refractivity (Wildman–Crippen MR) is 170 cm³/mol. The predicted octanol–water partition coefficient (Wildman–Crippen LogP) is 4.19. The summed E-state index contributed by atoms with van der Waals surface area (Å²) in [4.78, 5) is 23.2. The van der Waals surface area contributed by atoms with Crippen molar-refractivity contribution in [3.63, 3.8) is 0 Å². The summed E-state index contributed by atoms with van der Waals surface area (Å²) in [6, 6.07) is 18.1. The van der Waals surface area contributed by atoms with Crippen LogP contribution in [0, 0.1) is 0 Å². The van der Waals surface area contributed by atoms with Crippen LogP contribution in [0.2, 0.25) is 0 Å². The van der Waals surface area contributed by atoms with Crippen LogP contribution in [0.4, 0.5) is 0 Å². The largest absolute Gasteiger partial charge is 0.512 e. The molecule has 0 aliphatic carbocycles. The summed E-state index contributed by atoms with van der Waals surface area (Å²) in [5.41, 5.74) is 1.40. The summed E-state index contributed by atoms with van der Waals surface area (Å²) in [5, 5.41) is 31.5. The Morgan fingerprint density at radius 2 is 0.902 bits per heavy atom. The van der Waals surface area contributed by atoms with Gasteiger partial charge in [0.15, 0.2) is 13.2 Å². The molecule has 0 aromatic heterocycles. The van der Waals surface area contributed by atoms with Gasteiger partial charge in [0.05, 0.1) is 47.9 Å². The first-order valence-corrected chi connectivity index (χ1v) is 13.8. The topological polar surface area (TPSA) is 136 Å². The molecule has 0 heterocycles. The minimum absolute atomic E-state index is 0. The molecule has 0 unspecified atom stereocenters. The second kappa shape index (κ2) is 29.1. The monoisotopic (exact) mass is 742 g/mol. The molecule has 0 spiro atoms. The molecule has 2 rings (SSSR count). The van der Waals surface area contributed by atoms with Crippen molar-refractivity contribution in [1.82, 2.24) is 9.80 Å². The number of nitrogens with zero attached hydrogens (tertiary/aromatic N) is 2. The molecule has 0 radical (unpaired) electrons. The molecule has 41 heavy (non-hydrogen) atoms. The number of ketones is 2. The molecule has 0 saturated heterocycles. The quantitative estimate of drug-likeness (QED) is 0.111. The maximum atomic E-state index is 9.37. The Bertz CT molecular complexity index is 873. The van der Waals surface area contributed by atoms with Crippen molar-refractivity contribution in [2.45, 2.75) is 41.5 Å². The maximum Gasteiger partial charge on any atom is 0.350 e. The van der Waals surface area contributed by atoms with Crippen molar-refractivity contribution >= 4 is 11.6 Å². The van der Waals surface area contributed by atoms with Gasteiger partial charge in [0.1, 0.15) is 0 Å². The number of carbonyl (C=O) groups excluding carboxylic acids is 2. The zero-order valence-corrected chi connectivity index (χ0v) is 29.4. The molecular weight excluding hydrogens is 687 g/mol. The number of aliphatic hydroxyl groups excluding tert-OH is 2. The molecule has 9 heteroatoms. The van der Waals surface area contributed by atoms with Crippen molar-refractivity contribution < 1.29 is 55.9 Å². The fourth-order valence-corrected chi connectivity index (χ4v) is 3.18. The first-order chi connectivity index (χ1) is 19.1. The standard InChI is InChI=1S/2C10H10O2.2C6H15NO.Hf/c2*1-8(11)7-10(12)9-5-3-2-4-6-9;2*1-3-7(4-2)5-6-8;/h2*2-7,11H,1H3;2*8H,3-6H2,1-2H3;/p+4/b2*8-7-;;;. The normalized spacial score (nSPS) is 10.7. The van der Waals surface area contributed by atoms with Gasteiger partial charge in [-0.1, -0.05) is 64.1 Å². The minimum atomic E-state index is 0. The molecule has 2 aromatic carbocycles. The van der Waals surface area contributed by atoms with Gasteiger partial charge >= 0.3 is 11.6 Å². The number of benzene rings is 2. The first kappa shape index (κ1) is 43.0. The van der Waals surface area contributed by atoms with E-state index < -0.39 is 0 Å². The van der Waals surface area contributed by atoms with Gasteiger partial charge in [-0.05, 0) is 64.3 Å². The van der Waals surface area contributed by atoms with Crippen LogP contribution < -0.4 is 0 Å². The van der Waals surface area contributed by atoms with Crippen LogP contribution >= 0.6 is 0 Å². The molecular formula is C32H54HfN2O6+4. The molecule has 0 aliphatic heterocycles. The Morgan fingerprint density at radius 1 is 0.634 bits per heavy atom. The van der Waals surface area contributed by atoms with Crippen LogP contribution in [0.1, 0.15) is 52.7 Å². The molecule has 8 N–H and O–H groups in total. The van der Waals surface area contributed by atoms with Gasteiger partial charge in [0, 0.05) is 25.8 Å². The Kier molecular flexibility index (Phi) is 30.5. The van der Waals surface area contributed by atoms with Gasteiger partial charge in [-0.3, -0.25) is 19.4 Å². The summed E-state index contributed by atoms with van der Waals surface area (Å²) in [6.07, 6.45) is 2.63. The van der Waals surface area contributed by atoms with Crippen LogP contribution in [0.3, 0.4) is 0 Å². The van der Waals surface area contributed by atoms with Crippen molar-refractivity contribution in [3.8, 4) is 0 Å². The third-order valence-electron chi connectivity index (χ3n) is 5.48. The van der Waals surface area contributed by atoms with E-state index in [-0.39, 0.29) is 48.9 Å². The van der Waals surface area contributed by atoms with Gasteiger partial charge < -0.3 is 20.4 Å². The second-order valence-electron chi connectivity index (χ2n) is 8.63. The molecule has 228 valence electrons. The van der Waals surface area contributed by atoms with E-state index in [1.54, 1.807) is 24.3 Å². The number of allylic oxidation sites excluding steroid dienone is 4. The van der Waals surface area contributed by atoms with Crippen molar-refractivity contribution in [2.75, 3.05) is 52.5 Å². The zero-order chi connectivity index (χ0) is 30.8. The Balaban J connectivity index is -0.000000476. The van der Waals surface area contributed by atoms with Crippen molar-refractivity contribution in [3.05, 3.63) is 95.5 Å². The van der Waals surface area contributed by atoms with Crippen LogP contribution in [0.25, 0.3) is 0 Å². The van der Waals surface area contributed by atoms with Crippen LogP contribution in [0.15, 0.2) is 84.3 Å². The van der Waals surface area contributed by atoms with E-state index in [4.69, 9.17) is 20.4 Å². The zero-order valence-electron chi connectivity index (χ0n) is 25.8. The average Bonchev–Trinajstić information content (AvgIpc) is 2.96. The van der Waals surface area contributed by atoms with Crippen molar-refractivity contribution in [2.24, 2.45) is 0 Å².